The van der Waals surface area contributed by atoms with E-state index in [1.807, 2.05) is 24.3 Å². The lowest BCUT2D eigenvalue weighted by Gasteiger charge is -2.09. The molecule has 114 valence electrons. The van der Waals surface area contributed by atoms with Crippen molar-refractivity contribution in [1.82, 2.24) is 5.16 Å². The second kappa shape index (κ2) is 5.47. The maximum atomic E-state index is 5.40. The van der Waals surface area contributed by atoms with E-state index in [0.29, 0.717) is 17.5 Å². The van der Waals surface area contributed by atoms with Crippen LogP contribution in [0.5, 0.6) is 0 Å². The van der Waals surface area contributed by atoms with Gasteiger partial charge in [-0.05, 0) is 23.1 Å². The van der Waals surface area contributed by atoms with E-state index in [1.165, 1.54) is 11.1 Å². The zero-order valence-electron chi connectivity index (χ0n) is 13.2. The van der Waals surface area contributed by atoms with E-state index in [-0.39, 0.29) is 0 Å². The van der Waals surface area contributed by atoms with Crippen molar-refractivity contribution in [2.75, 3.05) is 0 Å². The number of aliphatic imine (C=N–C) groups is 2. The van der Waals surface area contributed by atoms with Gasteiger partial charge in [0.15, 0.2) is 5.84 Å². The maximum absolute atomic E-state index is 5.40. The van der Waals surface area contributed by atoms with Crippen LogP contribution >= 0.6 is 0 Å². The molecule has 0 saturated heterocycles. The topological polar surface area (TPSA) is 50.8 Å². The predicted octanol–water partition coefficient (Wildman–Crippen LogP) is 4.37. The average molecular weight is 303 g/mol. The van der Waals surface area contributed by atoms with Crippen molar-refractivity contribution >= 4 is 17.1 Å². The summed E-state index contributed by atoms with van der Waals surface area (Å²) in [5.74, 6) is 1.58. The number of nitrogens with zero attached hydrogens (tertiary/aromatic N) is 3. The first-order chi connectivity index (χ1) is 11.2. The van der Waals surface area contributed by atoms with E-state index in [0.717, 1.165) is 23.5 Å². The third kappa shape index (κ3) is 2.57. The molecule has 0 unspecified atom stereocenters. The Bertz CT molecular complexity index is 867. The molecule has 1 aliphatic heterocycles. The van der Waals surface area contributed by atoms with Crippen LogP contribution in [0, 0.1) is 0 Å². The molecule has 0 atom stereocenters. The minimum Gasteiger partial charge on any atom is -0.353 e. The molecular weight excluding hydrogens is 286 g/mol. The molecule has 2 aromatic rings. The highest BCUT2D eigenvalue weighted by molar-refractivity contribution is 6.19. The van der Waals surface area contributed by atoms with Gasteiger partial charge in [-0.3, -0.25) is 0 Å². The number of rotatable bonds is 3. The van der Waals surface area contributed by atoms with E-state index in [4.69, 9.17) is 4.52 Å². The van der Waals surface area contributed by atoms with Gasteiger partial charge in [-0.2, -0.15) is 0 Å². The summed E-state index contributed by atoms with van der Waals surface area (Å²) in [7, 11) is 0. The molecule has 1 aromatic carbocycles. The third-order valence-electron chi connectivity index (χ3n) is 4.02. The van der Waals surface area contributed by atoms with Gasteiger partial charge in [-0.1, -0.05) is 55.4 Å². The monoisotopic (exact) mass is 303 g/mol. The van der Waals surface area contributed by atoms with E-state index < -0.39 is 0 Å². The van der Waals surface area contributed by atoms with Gasteiger partial charge in [-0.15, -0.1) is 0 Å². The largest absolute Gasteiger partial charge is 0.353 e. The van der Waals surface area contributed by atoms with Crippen molar-refractivity contribution < 1.29 is 4.52 Å². The number of hydrogen-bond donors (Lipinski definition) is 0. The molecule has 4 nitrogen and oxygen atoms in total. The first kappa shape index (κ1) is 13.9. The van der Waals surface area contributed by atoms with Crippen LogP contribution in [-0.4, -0.2) is 16.7 Å². The highest BCUT2D eigenvalue weighted by Gasteiger charge is 2.23. The number of aromatic nitrogens is 1. The average Bonchev–Trinajstić information content (AvgIpc) is 3.21. The van der Waals surface area contributed by atoms with Crippen LogP contribution in [0.2, 0.25) is 0 Å². The molecule has 1 aliphatic carbocycles. The summed E-state index contributed by atoms with van der Waals surface area (Å²) in [4.78, 5) is 9.23. The zero-order chi connectivity index (χ0) is 15.8. The van der Waals surface area contributed by atoms with Crippen LogP contribution in [0.15, 0.2) is 68.8 Å². The Labute approximate surface area is 135 Å². The molecule has 0 amide bonds. The Balaban J connectivity index is 1.65. The number of benzene rings is 1. The Hall–Kier alpha value is -2.75. The summed E-state index contributed by atoms with van der Waals surface area (Å²) in [6.45, 7) is 4.17. The van der Waals surface area contributed by atoms with Crippen LogP contribution < -0.4 is 0 Å². The number of fused-ring (bicyclic) bond motifs is 1. The number of allylic oxidation sites excluding steroid dienone is 4. The molecule has 0 radical (unpaired) electrons. The quantitative estimate of drug-likeness (QED) is 0.845. The van der Waals surface area contributed by atoms with Crippen molar-refractivity contribution in [3.8, 4) is 0 Å². The fourth-order valence-corrected chi connectivity index (χ4v) is 2.68. The van der Waals surface area contributed by atoms with Gasteiger partial charge >= 0.3 is 0 Å². The summed E-state index contributed by atoms with van der Waals surface area (Å²) in [5.41, 5.74) is 5.22. The van der Waals surface area contributed by atoms with Crippen molar-refractivity contribution in [3.05, 3.63) is 71.3 Å². The molecule has 0 N–H and O–H groups in total. The van der Waals surface area contributed by atoms with Gasteiger partial charge < -0.3 is 4.52 Å². The Morgan fingerprint density at radius 3 is 2.65 bits per heavy atom. The normalized spacial score (nSPS) is 16.7. The summed E-state index contributed by atoms with van der Waals surface area (Å²) in [5, 5.41) is 4.08. The molecule has 0 bridgehead atoms. The fraction of sp³-hybridized carbons (Fsp3) is 0.211. The van der Waals surface area contributed by atoms with E-state index in [1.54, 1.807) is 0 Å². The van der Waals surface area contributed by atoms with Crippen molar-refractivity contribution in [3.63, 3.8) is 0 Å². The van der Waals surface area contributed by atoms with Gasteiger partial charge in [0.2, 0.25) is 5.76 Å². The van der Waals surface area contributed by atoms with Crippen LogP contribution in [0.1, 0.15) is 43.2 Å². The van der Waals surface area contributed by atoms with E-state index in [2.05, 4.69) is 53.3 Å². The molecule has 4 rings (SSSR count). The molecule has 0 fully saturated rings. The van der Waals surface area contributed by atoms with Gasteiger partial charge in [0, 0.05) is 12.5 Å². The van der Waals surface area contributed by atoms with Gasteiger partial charge in [0.25, 0.3) is 0 Å². The second-order valence-corrected chi connectivity index (χ2v) is 6.02. The Morgan fingerprint density at radius 1 is 1.09 bits per heavy atom. The summed E-state index contributed by atoms with van der Waals surface area (Å²) < 4.78 is 5.40. The molecule has 2 heterocycles. The van der Waals surface area contributed by atoms with Gasteiger partial charge in [-0.25, -0.2) is 9.98 Å². The number of amidine groups is 1. The predicted molar refractivity (Wildman–Crippen MR) is 91.7 cm³/mol. The molecule has 23 heavy (non-hydrogen) atoms. The highest BCUT2D eigenvalue weighted by atomic mass is 16.5. The third-order valence-corrected chi connectivity index (χ3v) is 4.02. The van der Waals surface area contributed by atoms with Crippen LogP contribution in [0.25, 0.3) is 5.57 Å². The maximum Gasteiger partial charge on any atom is 0.204 e. The molecule has 1 aromatic heterocycles. The fourth-order valence-electron chi connectivity index (χ4n) is 2.68. The Morgan fingerprint density at radius 2 is 1.91 bits per heavy atom. The standard InChI is InChI=1S/C19H17N3O/c1-12(2)16-11-18(23-22-16)19-20-15-9-8-14(10-17(15)21-19)13-6-4-3-5-7-13/h3-8,10-12H,9H2,1-2H3. The Kier molecular flexibility index (Phi) is 3.30. The molecule has 0 saturated carbocycles. The summed E-state index contributed by atoms with van der Waals surface area (Å²) in [6, 6.07) is 12.3. The summed E-state index contributed by atoms with van der Waals surface area (Å²) >= 11 is 0. The van der Waals surface area contributed by atoms with Crippen molar-refractivity contribution in [1.29, 1.82) is 0 Å². The smallest absolute Gasteiger partial charge is 0.204 e. The van der Waals surface area contributed by atoms with Gasteiger partial charge in [0.1, 0.15) is 0 Å². The highest BCUT2D eigenvalue weighted by Crippen LogP contribution is 2.28. The number of hydrogen-bond acceptors (Lipinski definition) is 4. The second-order valence-electron chi connectivity index (χ2n) is 6.02. The molecule has 2 aliphatic rings. The zero-order valence-corrected chi connectivity index (χ0v) is 13.2. The van der Waals surface area contributed by atoms with Crippen LogP contribution in [0.4, 0.5) is 0 Å². The van der Waals surface area contributed by atoms with Crippen molar-refractivity contribution in [2.45, 2.75) is 26.2 Å². The first-order valence-corrected chi connectivity index (χ1v) is 7.81. The summed E-state index contributed by atoms with van der Waals surface area (Å²) in [6.07, 6.45) is 5.06. The SMILES string of the molecule is CC(C)c1cc(C2=NC3=CC(c4ccccc4)=CCC3=N2)on1. The first-order valence-electron chi connectivity index (χ1n) is 7.81. The van der Waals surface area contributed by atoms with Crippen LogP contribution in [0.3, 0.4) is 0 Å². The molecule has 0 spiro atoms. The van der Waals surface area contributed by atoms with E-state index in [9.17, 15) is 0 Å². The lowest BCUT2D eigenvalue weighted by molar-refractivity contribution is 0.402. The minimum absolute atomic E-state index is 0.329. The lowest BCUT2D eigenvalue weighted by Crippen LogP contribution is -2.01. The van der Waals surface area contributed by atoms with Crippen LogP contribution in [-0.2, 0) is 0 Å². The molecular formula is C19H17N3O. The van der Waals surface area contributed by atoms with E-state index >= 15 is 0 Å². The molecule has 4 heteroatoms. The van der Waals surface area contributed by atoms with Gasteiger partial charge in [0.05, 0.1) is 17.1 Å². The minimum atomic E-state index is 0.329. The lowest BCUT2D eigenvalue weighted by atomic mass is 9.97. The van der Waals surface area contributed by atoms with Crippen molar-refractivity contribution in [2.24, 2.45) is 9.98 Å².